The Labute approximate surface area is 181 Å². The lowest BCUT2D eigenvalue weighted by Crippen LogP contribution is -2.59. The normalized spacial score (nSPS) is 18.8. The molecule has 0 unspecified atom stereocenters. The fourth-order valence-corrected chi connectivity index (χ4v) is 9.39. The number of hydrogen-bond acceptors (Lipinski definition) is 5. The maximum Gasteiger partial charge on any atom is 0.220 e. The van der Waals surface area contributed by atoms with Crippen LogP contribution in [0.5, 0.6) is 0 Å². The molecule has 0 spiro atoms. The summed E-state index contributed by atoms with van der Waals surface area (Å²) in [6.45, 7) is 0. The van der Waals surface area contributed by atoms with E-state index < -0.39 is 35.7 Å². The lowest BCUT2D eigenvalue weighted by Gasteiger charge is -2.42. The number of carbonyl (C=O) groups excluding carboxylic acids is 1. The van der Waals surface area contributed by atoms with E-state index in [1.165, 1.54) is 24.3 Å². The van der Waals surface area contributed by atoms with Crippen molar-refractivity contribution in [1.29, 1.82) is 0 Å². The maximum absolute atomic E-state index is 14.1. The van der Waals surface area contributed by atoms with Gasteiger partial charge >= 0.3 is 0 Å². The van der Waals surface area contributed by atoms with E-state index in [1.807, 2.05) is 0 Å². The van der Waals surface area contributed by atoms with Gasteiger partial charge in [-0.1, -0.05) is 66.7 Å². The van der Waals surface area contributed by atoms with Gasteiger partial charge in [0.1, 0.15) is 0 Å². The monoisotopic (exact) mass is 455 g/mol. The predicted octanol–water partition coefficient (Wildman–Crippen LogP) is 3.28. The minimum atomic E-state index is -4.45. The van der Waals surface area contributed by atoms with Crippen molar-refractivity contribution >= 4 is 25.6 Å². The van der Waals surface area contributed by atoms with E-state index in [4.69, 9.17) is 0 Å². The summed E-state index contributed by atoms with van der Waals surface area (Å²) in [4.78, 5) is 12.2. The molecule has 1 N–H and O–H groups in total. The van der Waals surface area contributed by atoms with Gasteiger partial charge in [0, 0.05) is 6.42 Å². The lowest BCUT2D eigenvalue weighted by atomic mass is 9.96. The minimum absolute atomic E-state index is 0.105. The number of hydrogen-bond donors (Lipinski definition) is 1. The molecular weight excluding hydrogens is 434 g/mol. The molecule has 1 amide bonds. The van der Waals surface area contributed by atoms with E-state index in [2.05, 4.69) is 5.32 Å². The Kier molecular flexibility index (Phi) is 5.45. The van der Waals surface area contributed by atoms with Crippen molar-refractivity contribution in [2.24, 2.45) is 0 Å². The number of amides is 1. The van der Waals surface area contributed by atoms with Crippen LogP contribution in [0.1, 0.15) is 24.4 Å². The standard InChI is InChI=1S/C23H21NO5S2/c25-21-16-17-23(22(24-21)18-10-4-1-5-11-18,30(26,27)19-12-6-2-7-13-19)31(28,29)20-14-8-3-9-15-20/h1-15,22H,16-17H2,(H,24,25)/t22-/m1/s1. The van der Waals surface area contributed by atoms with Gasteiger partial charge in [-0.15, -0.1) is 0 Å². The van der Waals surface area contributed by atoms with E-state index in [0.29, 0.717) is 5.56 Å². The first-order valence-corrected chi connectivity index (χ1v) is 12.7. The Bertz CT molecular complexity index is 1220. The van der Waals surface area contributed by atoms with E-state index in [1.54, 1.807) is 66.7 Å². The summed E-state index contributed by atoms with van der Waals surface area (Å²) in [5.41, 5.74) is 0.412. The Morgan fingerprint density at radius 2 is 1.10 bits per heavy atom. The molecule has 1 saturated heterocycles. The average Bonchev–Trinajstić information content (AvgIpc) is 2.80. The molecule has 0 bridgehead atoms. The molecule has 1 heterocycles. The third kappa shape index (κ3) is 3.36. The van der Waals surface area contributed by atoms with Gasteiger partial charge in [-0.05, 0) is 36.2 Å². The van der Waals surface area contributed by atoms with Crippen molar-refractivity contribution in [2.45, 2.75) is 32.8 Å². The third-order valence-electron chi connectivity index (χ3n) is 5.60. The minimum Gasteiger partial charge on any atom is -0.347 e. The molecule has 3 aromatic carbocycles. The average molecular weight is 456 g/mol. The number of carbonyl (C=O) groups is 1. The molecule has 6 nitrogen and oxygen atoms in total. The second kappa shape index (κ2) is 7.94. The summed E-state index contributed by atoms with van der Waals surface area (Å²) in [5.74, 6) is -0.393. The molecule has 1 atom stereocenters. The van der Waals surface area contributed by atoms with Crippen LogP contribution in [0.3, 0.4) is 0 Å². The van der Waals surface area contributed by atoms with E-state index in [-0.39, 0.29) is 22.6 Å². The Morgan fingerprint density at radius 1 is 0.677 bits per heavy atom. The molecule has 160 valence electrons. The van der Waals surface area contributed by atoms with E-state index >= 15 is 0 Å². The molecule has 0 radical (unpaired) electrons. The van der Waals surface area contributed by atoms with Crippen molar-refractivity contribution in [3.8, 4) is 0 Å². The predicted molar refractivity (Wildman–Crippen MR) is 117 cm³/mol. The van der Waals surface area contributed by atoms with Gasteiger partial charge in [0.25, 0.3) is 0 Å². The summed E-state index contributed by atoms with van der Waals surface area (Å²) in [6.07, 6.45) is -0.575. The van der Waals surface area contributed by atoms with Gasteiger partial charge in [-0.25, -0.2) is 16.8 Å². The molecule has 0 aromatic heterocycles. The molecule has 0 aliphatic carbocycles. The van der Waals surface area contributed by atoms with Crippen molar-refractivity contribution in [3.05, 3.63) is 96.6 Å². The van der Waals surface area contributed by atoms with Gasteiger partial charge in [0.05, 0.1) is 15.8 Å². The topological polar surface area (TPSA) is 97.4 Å². The smallest absolute Gasteiger partial charge is 0.220 e. The van der Waals surface area contributed by atoms with Crippen molar-refractivity contribution < 1.29 is 21.6 Å². The van der Waals surface area contributed by atoms with Crippen molar-refractivity contribution in [2.75, 3.05) is 0 Å². The largest absolute Gasteiger partial charge is 0.347 e. The third-order valence-corrected chi connectivity index (χ3v) is 11.4. The molecule has 0 saturated carbocycles. The molecule has 31 heavy (non-hydrogen) atoms. The van der Waals surface area contributed by atoms with Crippen LogP contribution in [0, 0.1) is 0 Å². The number of piperidine rings is 1. The number of benzene rings is 3. The SMILES string of the molecule is O=C1CCC(S(=O)(=O)c2ccccc2)(S(=O)(=O)c2ccccc2)[C@@H](c2ccccc2)N1. The quantitative estimate of drug-likeness (QED) is 0.637. The van der Waals surface area contributed by atoms with Gasteiger partial charge < -0.3 is 5.32 Å². The van der Waals surface area contributed by atoms with Crippen LogP contribution < -0.4 is 5.32 Å². The zero-order valence-electron chi connectivity index (χ0n) is 16.5. The summed E-state index contributed by atoms with van der Waals surface area (Å²) in [6, 6.07) is 22.2. The highest BCUT2D eigenvalue weighted by Crippen LogP contribution is 2.49. The molecule has 8 heteroatoms. The van der Waals surface area contributed by atoms with E-state index in [9.17, 15) is 21.6 Å². The van der Waals surface area contributed by atoms with Gasteiger partial charge in [-0.3, -0.25) is 4.79 Å². The summed E-state index contributed by atoms with van der Waals surface area (Å²) in [7, 11) is -8.91. The zero-order chi connectivity index (χ0) is 22.1. The molecule has 1 aliphatic heterocycles. The molecule has 4 rings (SSSR count). The summed E-state index contributed by atoms with van der Waals surface area (Å²) < 4.78 is 54.0. The number of sulfone groups is 2. The van der Waals surface area contributed by atoms with Crippen LogP contribution in [-0.2, 0) is 24.5 Å². The Balaban J connectivity index is 2.08. The second-order valence-electron chi connectivity index (χ2n) is 7.36. The summed E-state index contributed by atoms with van der Waals surface area (Å²) in [5, 5.41) is 2.68. The fourth-order valence-electron chi connectivity index (χ4n) is 4.08. The van der Waals surface area contributed by atoms with Crippen LogP contribution in [-0.4, -0.2) is 26.8 Å². The van der Waals surface area contributed by atoms with Crippen LogP contribution in [0.25, 0.3) is 0 Å². The number of nitrogens with one attached hydrogen (secondary N) is 1. The maximum atomic E-state index is 14.1. The van der Waals surface area contributed by atoms with Gasteiger partial charge in [0.15, 0.2) is 0 Å². The van der Waals surface area contributed by atoms with Crippen molar-refractivity contribution in [3.63, 3.8) is 0 Å². The number of rotatable bonds is 5. The van der Waals surface area contributed by atoms with Crippen LogP contribution >= 0.6 is 0 Å². The first-order valence-electron chi connectivity index (χ1n) is 9.74. The summed E-state index contributed by atoms with van der Waals surface area (Å²) >= 11 is 0. The first kappa shape index (κ1) is 21.3. The molecular formula is C23H21NO5S2. The van der Waals surface area contributed by atoms with Crippen LogP contribution in [0.4, 0.5) is 0 Å². The molecule has 3 aromatic rings. The second-order valence-corrected chi connectivity index (χ2v) is 12.0. The Morgan fingerprint density at radius 3 is 1.55 bits per heavy atom. The van der Waals surface area contributed by atoms with Crippen LogP contribution in [0.2, 0.25) is 0 Å². The van der Waals surface area contributed by atoms with Crippen LogP contribution in [0.15, 0.2) is 101 Å². The van der Waals surface area contributed by atoms with Gasteiger partial charge in [-0.2, -0.15) is 0 Å². The Hall–Kier alpha value is -2.97. The first-order chi connectivity index (χ1) is 14.8. The van der Waals surface area contributed by atoms with Gasteiger partial charge in [0.2, 0.25) is 29.7 Å². The molecule has 1 aliphatic rings. The zero-order valence-corrected chi connectivity index (χ0v) is 18.1. The highest BCUT2D eigenvalue weighted by Gasteiger charge is 2.63. The molecule has 1 fully saturated rings. The fraction of sp³-hybridized carbons (Fsp3) is 0.174. The highest BCUT2D eigenvalue weighted by atomic mass is 32.3. The highest BCUT2D eigenvalue weighted by molar-refractivity contribution is 8.10. The van der Waals surface area contributed by atoms with E-state index in [0.717, 1.165) is 0 Å². The lowest BCUT2D eigenvalue weighted by molar-refractivity contribution is -0.123. The van der Waals surface area contributed by atoms with Crippen molar-refractivity contribution in [1.82, 2.24) is 5.32 Å².